The van der Waals surface area contributed by atoms with Gasteiger partial charge >= 0.3 is 0 Å². The van der Waals surface area contributed by atoms with Crippen LogP contribution in [0.25, 0.3) is 0 Å². The number of nitrogens with one attached hydrogen (secondary N) is 1. The predicted octanol–water partition coefficient (Wildman–Crippen LogP) is 4.64. The van der Waals surface area contributed by atoms with Gasteiger partial charge in [-0.1, -0.05) is 33.3 Å². The van der Waals surface area contributed by atoms with E-state index in [1.165, 1.54) is 37.8 Å². The average molecular weight is 251 g/mol. The number of rotatable bonds is 6. The van der Waals surface area contributed by atoms with Gasteiger partial charge in [0, 0.05) is 6.04 Å². The summed E-state index contributed by atoms with van der Waals surface area (Å²) in [5.74, 6) is 3.50. The zero-order chi connectivity index (χ0) is 13.7. The molecule has 1 N–H and O–H groups in total. The molecule has 1 saturated carbocycles. The molecule has 3 unspecified atom stereocenters. The van der Waals surface area contributed by atoms with Crippen LogP contribution >= 0.6 is 0 Å². The number of hydrogen-bond acceptors (Lipinski definition) is 1. The Kier molecular flexibility index (Phi) is 6.42. The van der Waals surface area contributed by atoms with E-state index < -0.39 is 0 Å². The van der Waals surface area contributed by atoms with Crippen LogP contribution in [0.15, 0.2) is 12.2 Å². The molecule has 0 aliphatic heterocycles. The Hall–Kier alpha value is -0.300. The van der Waals surface area contributed by atoms with Crippen molar-refractivity contribution in [3.63, 3.8) is 0 Å². The highest BCUT2D eigenvalue weighted by Gasteiger charge is 2.31. The largest absolute Gasteiger partial charge is 0.314 e. The Morgan fingerprint density at radius 3 is 2.33 bits per heavy atom. The number of allylic oxidation sites excluding steroid dienone is 1. The average Bonchev–Trinajstić information content (AvgIpc) is 2.26. The van der Waals surface area contributed by atoms with Gasteiger partial charge in [-0.2, -0.15) is 0 Å². The molecule has 1 heteroatoms. The third-order valence-corrected chi connectivity index (χ3v) is 4.52. The van der Waals surface area contributed by atoms with Crippen molar-refractivity contribution in [2.24, 2.45) is 23.7 Å². The summed E-state index contributed by atoms with van der Waals surface area (Å²) in [6.07, 6.45) is 5.47. The molecule has 0 saturated heterocycles. The molecular weight excluding hydrogens is 218 g/mol. The maximum Gasteiger partial charge on any atom is 0.00104 e. The third kappa shape index (κ3) is 5.14. The maximum atomic E-state index is 4.13. The predicted molar refractivity (Wildman–Crippen MR) is 81.7 cm³/mol. The van der Waals surface area contributed by atoms with E-state index in [2.05, 4.69) is 46.5 Å². The lowest BCUT2D eigenvalue weighted by Crippen LogP contribution is -2.36. The van der Waals surface area contributed by atoms with Gasteiger partial charge in [0.25, 0.3) is 0 Å². The molecule has 0 spiro atoms. The van der Waals surface area contributed by atoms with E-state index in [0.29, 0.717) is 6.04 Å². The second kappa shape index (κ2) is 7.33. The monoisotopic (exact) mass is 251 g/mol. The van der Waals surface area contributed by atoms with Crippen molar-refractivity contribution in [1.82, 2.24) is 5.32 Å². The minimum Gasteiger partial charge on any atom is -0.314 e. The van der Waals surface area contributed by atoms with E-state index in [1.54, 1.807) is 0 Å². The minimum atomic E-state index is 0.610. The van der Waals surface area contributed by atoms with Crippen molar-refractivity contribution in [3.05, 3.63) is 12.2 Å². The van der Waals surface area contributed by atoms with Gasteiger partial charge in [0.15, 0.2) is 0 Å². The van der Waals surface area contributed by atoms with Gasteiger partial charge in [-0.3, -0.25) is 0 Å². The van der Waals surface area contributed by atoms with E-state index in [9.17, 15) is 0 Å². The quantitative estimate of drug-likeness (QED) is 0.678. The summed E-state index contributed by atoms with van der Waals surface area (Å²) < 4.78 is 0. The lowest BCUT2D eigenvalue weighted by Gasteiger charge is -2.38. The summed E-state index contributed by atoms with van der Waals surface area (Å²) >= 11 is 0. The zero-order valence-corrected chi connectivity index (χ0v) is 13.1. The summed E-state index contributed by atoms with van der Waals surface area (Å²) in [7, 11) is 0. The van der Waals surface area contributed by atoms with E-state index in [-0.39, 0.29) is 0 Å². The molecule has 1 aliphatic carbocycles. The molecule has 106 valence electrons. The van der Waals surface area contributed by atoms with Crippen molar-refractivity contribution in [1.29, 1.82) is 0 Å². The van der Waals surface area contributed by atoms with Crippen molar-refractivity contribution in [2.75, 3.05) is 6.54 Å². The Labute approximate surface area is 114 Å². The summed E-state index contributed by atoms with van der Waals surface area (Å²) in [4.78, 5) is 0. The fourth-order valence-corrected chi connectivity index (χ4v) is 3.32. The van der Waals surface area contributed by atoms with Crippen molar-refractivity contribution >= 4 is 0 Å². The van der Waals surface area contributed by atoms with Crippen LogP contribution in [0.2, 0.25) is 0 Å². The highest BCUT2D eigenvalue weighted by molar-refractivity contribution is 4.95. The molecule has 1 nitrogen and oxygen atoms in total. The summed E-state index contributed by atoms with van der Waals surface area (Å²) in [6, 6.07) is 0.610. The molecule has 0 amide bonds. The molecule has 1 fully saturated rings. The van der Waals surface area contributed by atoms with Crippen LogP contribution in [-0.4, -0.2) is 12.6 Å². The Balaban J connectivity index is 2.56. The van der Waals surface area contributed by atoms with Gasteiger partial charge in [-0.05, 0) is 62.8 Å². The second-order valence-corrected chi connectivity index (χ2v) is 7.06. The van der Waals surface area contributed by atoms with Gasteiger partial charge in [-0.15, -0.1) is 6.58 Å². The first-order valence-electron chi connectivity index (χ1n) is 7.77. The maximum absolute atomic E-state index is 4.13. The van der Waals surface area contributed by atoms with Crippen LogP contribution in [0.4, 0.5) is 0 Å². The molecule has 1 aliphatic rings. The lowest BCUT2D eigenvalue weighted by molar-refractivity contribution is 0.143. The summed E-state index contributed by atoms with van der Waals surface area (Å²) in [5.41, 5.74) is 1.36. The van der Waals surface area contributed by atoms with Gasteiger partial charge in [-0.25, -0.2) is 0 Å². The van der Waals surface area contributed by atoms with Gasteiger partial charge in [0.1, 0.15) is 0 Å². The van der Waals surface area contributed by atoms with Crippen LogP contribution < -0.4 is 5.32 Å². The molecule has 3 atom stereocenters. The van der Waals surface area contributed by atoms with Crippen molar-refractivity contribution in [3.8, 4) is 0 Å². The standard InChI is InChI=1S/C17H33N/c1-12(2)9-17-10-15(13(3)4)7-8-16(17)11-18-14(5)6/h13-18H,1,7-11H2,2-6H3. The summed E-state index contributed by atoms with van der Waals surface area (Å²) in [5, 5.41) is 3.63. The molecule has 0 heterocycles. The summed E-state index contributed by atoms with van der Waals surface area (Å²) in [6.45, 7) is 16.8. The van der Waals surface area contributed by atoms with Crippen LogP contribution in [0.1, 0.15) is 60.3 Å². The lowest BCUT2D eigenvalue weighted by atomic mass is 9.69. The molecule has 0 aromatic rings. The molecule has 1 rings (SSSR count). The van der Waals surface area contributed by atoms with Crippen LogP contribution in [0, 0.1) is 23.7 Å². The van der Waals surface area contributed by atoms with Crippen molar-refractivity contribution < 1.29 is 0 Å². The molecule has 18 heavy (non-hydrogen) atoms. The fraction of sp³-hybridized carbons (Fsp3) is 0.882. The highest BCUT2D eigenvalue weighted by atomic mass is 14.9. The highest BCUT2D eigenvalue weighted by Crippen LogP contribution is 2.40. The van der Waals surface area contributed by atoms with Gasteiger partial charge < -0.3 is 5.32 Å². The first-order valence-corrected chi connectivity index (χ1v) is 7.77. The van der Waals surface area contributed by atoms with Crippen LogP contribution in [0.3, 0.4) is 0 Å². The molecule has 0 aromatic heterocycles. The van der Waals surface area contributed by atoms with Gasteiger partial charge in [0.2, 0.25) is 0 Å². The van der Waals surface area contributed by atoms with Crippen molar-refractivity contribution in [2.45, 2.75) is 66.3 Å². The molecule has 0 bridgehead atoms. The Bertz CT molecular complexity index is 254. The Morgan fingerprint density at radius 1 is 1.17 bits per heavy atom. The van der Waals surface area contributed by atoms with E-state index in [1.807, 2.05) is 0 Å². The van der Waals surface area contributed by atoms with Crippen LogP contribution in [-0.2, 0) is 0 Å². The topological polar surface area (TPSA) is 12.0 Å². The third-order valence-electron chi connectivity index (χ3n) is 4.52. The zero-order valence-electron chi connectivity index (χ0n) is 13.1. The molecular formula is C17H33N. The SMILES string of the molecule is C=C(C)CC1CC(C(C)C)CCC1CNC(C)C. The normalized spacial score (nSPS) is 28.9. The number of hydrogen-bond donors (Lipinski definition) is 1. The molecule has 0 aromatic carbocycles. The van der Waals surface area contributed by atoms with E-state index in [4.69, 9.17) is 0 Å². The molecule has 0 radical (unpaired) electrons. The Morgan fingerprint density at radius 2 is 1.83 bits per heavy atom. The minimum absolute atomic E-state index is 0.610. The smallest absolute Gasteiger partial charge is 0.00104 e. The fourth-order valence-electron chi connectivity index (χ4n) is 3.32. The van der Waals surface area contributed by atoms with E-state index >= 15 is 0 Å². The second-order valence-electron chi connectivity index (χ2n) is 7.06. The first-order chi connectivity index (χ1) is 8.40. The van der Waals surface area contributed by atoms with Gasteiger partial charge in [0.05, 0.1) is 0 Å². The van der Waals surface area contributed by atoms with E-state index in [0.717, 1.165) is 23.7 Å². The van der Waals surface area contributed by atoms with Crippen LogP contribution in [0.5, 0.6) is 0 Å². The first kappa shape index (κ1) is 15.8.